The van der Waals surface area contributed by atoms with E-state index in [1.807, 2.05) is 7.05 Å². The molecule has 0 amide bonds. The molecule has 0 saturated carbocycles. The summed E-state index contributed by atoms with van der Waals surface area (Å²) >= 11 is 0. The smallest absolute Gasteiger partial charge is 0.101 e. The van der Waals surface area contributed by atoms with Crippen LogP contribution >= 0.6 is 0 Å². The van der Waals surface area contributed by atoms with Crippen molar-refractivity contribution in [1.82, 2.24) is 4.90 Å². The fourth-order valence-corrected chi connectivity index (χ4v) is 1.18. The molecule has 0 radical (unpaired) electrons. The number of rotatable bonds is 2. The van der Waals surface area contributed by atoms with Crippen molar-refractivity contribution < 1.29 is 0 Å². The third-order valence-electron chi connectivity index (χ3n) is 2.64. The Bertz CT molecular complexity index is 177. The summed E-state index contributed by atoms with van der Waals surface area (Å²) in [6.07, 6.45) is 0. The number of amidine groups is 1. The number of nitrogens with one attached hydrogen (secondary N) is 1. The van der Waals surface area contributed by atoms with Gasteiger partial charge in [-0.15, -0.1) is 0 Å². The highest BCUT2D eigenvalue weighted by molar-refractivity contribution is 5.84. The van der Waals surface area contributed by atoms with Gasteiger partial charge in [-0.3, -0.25) is 5.41 Å². The first-order valence-corrected chi connectivity index (χ1v) is 4.99. The molecule has 0 aromatic heterocycles. The Balaban J connectivity index is 4.44. The molecule has 0 bridgehead atoms. The van der Waals surface area contributed by atoms with E-state index in [9.17, 15) is 0 Å². The van der Waals surface area contributed by atoms with Gasteiger partial charge in [-0.2, -0.15) is 0 Å². The third-order valence-corrected chi connectivity index (χ3v) is 2.64. The molecule has 0 aromatic carbocycles. The summed E-state index contributed by atoms with van der Waals surface area (Å²) in [5.41, 5.74) is -0.0437. The molecule has 0 spiro atoms. The van der Waals surface area contributed by atoms with Crippen LogP contribution in [0.2, 0.25) is 0 Å². The fourth-order valence-electron chi connectivity index (χ4n) is 1.18. The zero-order valence-electron chi connectivity index (χ0n) is 10.1. The fraction of sp³-hybridized carbons (Fsp3) is 0.909. The van der Waals surface area contributed by atoms with E-state index in [1.165, 1.54) is 0 Å². The molecule has 0 aliphatic heterocycles. The highest BCUT2D eigenvalue weighted by Crippen LogP contribution is 2.20. The van der Waals surface area contributed by atoms with Gasteiger partial charge in [0.05, 0.1) is 0 Å². The molecule has 0 saturated heterocycles. The summed E-state index contributed by atoms with van der Waals surface area (Å²) in [6, 6.07) is 0.437. The van der Waals surface area contributed by atoms with E-state index < -0.39 is 0 Å². The second kappa shape index (κ2) is 4.12. The maximum absolute atomic E-state index is 8.00. The molecule has 1 N–H and O–H groups in total. The molecule has 2 heteroatoms. The molecule has 0 heterocycles. The van der Waals surface area contributed by atoms with Crippen LogP contribution in [0, 0.1) is 16.7 Å². The summed E-state index contributed by atoms with van der Waals surface area (Å²) < 4.78 is 0. The van der Waals surface area contributed by atoms with Crippen LogP contribution < -0.4 is 0 Å². The lowest BCUT2D eigenvalue weighted by Crippen LogP contribution is -2.43. The number of hydrogen-bond donors (Lipinski definition) is 1. The van der Waals surface area contributed by atoms with Gasteiger partial charge in [-0.05, 0) is 12.8 Å². The summed E-state index contributed by atoms with van der Waals surface area (Å²) in [7, 11) is 2.01. The monoisotopic (exact) mass is 184 g/mol. The SMILES string of the molecule is CC(C)C(C)N(C)C(=N)C(C)(C)C. The average Bonchev–Trinajstić information content (AvgIpc) is 1.98. The Hall–Kier alpha value is -0.530. The Kier molecular flexibility index (Phi) is 3.95. The van der Waals surface area contributed by atoms with Gasteiger partial charge in [0, 0.05) is 18.5 Å². The van der Waals surface area contributed by atoms with Gasteiger partial charge in [0.2, 0.25) is 0 Å². The minimum Gasteiger partial charge on any atom is -0.360 e. The quantitative estimate of drug-likeness (QED) is 0.518. The molecule has 2 nitrogen and oxygen atoms in total. The first-order valence-electron chi connectivity index (χ1n) is 4.99. The van der Waals surface area contributed by atoms with E-state index in [2.05, 4.69) is 46.4 Å². The van der Waals surface area contributed by atoms with Crippen molar-refractivity contribution >= 4 is 5.84 Å². The zero-order chi connectivity index (χ0) is 10.8. The summed E-state index contributed by atoms with van der Waals surface area (Å²) in [5, 5.41) is 8.00. The molecular weight excluding hydrogens is 160 g/mol. The van der Waals surface area contributed by atoms with Crippen molar-refractivity contribution in [2.45, 2.75) is 47.6 Å². The molecule has 0 rings (SSSR count). The molecule has 13 heavy (non-hydrogen) atoms. The highest BCUT2D eigenvalue weighted by atomic mass is 15.2. The molecule has 0 aliphatic rings. The van der Waals surface area contributed by atoms with Crippen molar-refractivity contribution in [3.63, 3.8) is 0 Å². The van der Waals surface area contributed by atoms with Gasteiger partial charge in [-0.1, -0.05) is 34.6 Å². The Morgan fingerprint density at radius 1 is 1.15 bits per heavy atom. The van der Waals surface area contributed by atoms with Gasteiger partial charge in [0.1, 0.15) is 5.84 Å². The average molecular weight is 184 g/mol. The number of nitrogens with zero attached hydrogens (tertiary/aromatic N) is 1. The predicted molar refractivity (Wildman–Crippen MR) is 59.2 cm³/mol. The lowest BCUT2D eigenvalue weighted by atomic mass is 9.92. The van der Waals surface area contributed by atoms with Crippen LogP contribution in [-0.4, -0.2) is 23.8 Å². The van der Waals surface area contributed by atoms with Crippen LogP contribution in [-0.2, 0) is 0 Å². The van der Waals surface area contributed by atoms with Gasteiger partial charge in [0.15, 0.2) is 0 Å². The standard InChI is InChI=1S/C11H24N2/c1-8(2)9(3)13(7)10(12)11(4,5)6/h8-9,12H,1-7H3. The van der Waals surface area contributed by atoms with E-state index in [1.54, 1.807) is 0 Å². The van der Waals surface area contributed by atoms with E-state index in [0.29, 0.717) is 17.8 Å². The number of hydrogen-bond acceptors (Lipinski definition) is 1. The lowest BCUT2D eigenvalue weighted by molar-refractivity contribution is 0.283. The first kappa shape index (κ1) is 12.5. The van der Waals surface area contributed by atoms with Gasteiger partial charge < -0.3 is 4.90 Å². The van der Waals surface area contributed by atoms with Gasteiger partial charge in [-0.25, -0.2) is 0 Å². The van der Waals surface area contributed by atoms with Gasteiger partial charge >= 0.3 is 0 Å². The van der Waals surface area contributed by atoms with Crippen LogP contribution in [0.5, 0.6) is 0 Å². The van der Waals surface area contributed by atoms with Crippen LogP contribution in [0.25, 0.3) is 0 Å². The minimum absolute atomic E-state index is 0.0437. The topological polar surface area (TPSA) is 27.1 Å². The first-order chi connectivity index (χ1) is 5.68. The summed E-state index contributed by atoms with van der Waals surface area (Å²) in [5.74, 6) is 1.31. The van der Waals surface area contributed by atoms with Crippen molar-refractivity contribution in [3.8, 4) is 0 Å². The Morgan fingerprint density at radius 2 is 1.54 bits per heavy atom. The van der Waals surface area contributed by atoms with E-state index in [-0.39, 0.29) is 5.41 Å². The lowest BCUT2D eigenvalue weighted by Gasteiger charge is -2.35. The third kappa shape index (κ3) is 3.37. The van der Waals surface area contributed by atoms with Crippen molar-refractivity contribution in [2.24, 2.45) is 11.3 Å². The van der Waals surface area contributed by atoms with Gasteiger partial charge in [0.25, 0.3) is 0 Å². The molecule has 1 atom stereocenters. The van der Waals surface area contributed by atoms with E-state index in [4.69, 9.17) is 5.41 Å². The highest BCUT2D eigenvalue weighted by Gasteiger charge is 2.24. The van der Waals surface area contributed by atoms with Crippen LogP contribution in [0.15, 0.2) is 0 Å². The molecule has 1 unspecified atom stereocenters. The Morgan fingerprint density at radius 3 is 1.77 bits per heavy atom. The van der Waals surface area contributed by atoms with E-state index in [0.717, 1.165) is 0 Å². The second-order valence-corrected chi connectivity index (χ2v) is 5.19. The van der Waals surface area contributed by atoms with Crippen molar-refractivity contribution in [2.75, 3.05) is 7.05 Å². The normalized spacial score (nSPS) is 14.5. The van der Waals surface area contributed by atoms with Crippen LogP contribution in [0.3, 0.4) is 0 Å². The zero-order valence-corrected chi connectivity index (χ0v) is 10.1. The summed E-state index contributed by atoms with van der Waals surface area (Å²) in [6.45, 7) is 12.8. The molecule has 0 aliphatic carbocycles. The van der Waals surface area contributed by atoms with E-state index >= 15 is 0 Å². The maximum Gasteiger partial charge on any atom is 0.101 e. The molecular formula is C11H24N2. The predicted octanol–water partition coefficient (Wildman–Crippen LogP) is 2.99. The van der Waals surface area contributed by atoms with Crippen LogP contribution in [0.1, 0.15) is 41.5 Å². The maximum atomic E-state index is 8.00. The summed E-state index contributed by atoms with van der Waals surface area (Å²) in [4.78, 5) is 2.07. The molecule has 78 valence electrons. The molecule has 0 fully saturated rings. The van der Waals surface area contributed by atoms with Crippen molar-refractivity contribution in [3.05, 3.63) is 0 Å². The minimum atomic E-state index is -0.0437. The Labute approximate surface area is 82.8 Å². The largest absolute Gasteiger partial charge is 0.360 e. The second-order valence-electron chi connectivity index (χ2n) is 5.19. The van der Waals surface area contributed by atoms with Crippen molar-refractivity contribution in [1.29, 1.82) is 5.41 Å². The molecule has 0 aromatic rings. The van der Waals surface area contributed by atoms with Crippen LogP contribution in [0.4, 0.5) is 0 Å².